The summed E-state index contributed by atoms with van der Waals surface area (Å²) >= 11 is 0. The van der Waals surface area contributed by atoms with Gasteiger partial charge < -0.3 is 5.11 Å². The molecule has 0 spiro atoms. The summed E-state index contributed by atoms with van der Waals surface area (Å²) in [6.07, 6.45) is 2.94. The van der Waals surface area contributed by atoms with Gasteiger partial charge in [-0.15, -0.1) is 0 Å². The molecule has 0 bridgehead atoms. The molecule has 0 atom stereocenters. The second-order valence-electron chi connectivity index (χ2n) is 5.96. The molecule has 20 heavy (non-hydrogen) atoms. The highest BCUT2D eigenvalue weighted by molar-refractivity contribution is 5.84. The van der Waals surface area contributed by atoms with Crippen molar-refractivity contribution < 1.29 is 5.11 Å². The summed E-state index contributed by atoms with van der Waals surface area (Å²) in [6, 6.07) is 12.6. The van der Waals surface area contributed by atoms with Gasteiger partial charge in [-0.3, -0.25) is 0 Å². The van der Waals surface area contributed by atoms with E-state index in [9.17, 15) is 5.11 Å². The molecular weight excluding hydrogens is 244 g/mol. The number of benzene rings is 2. The molecule has 0 heterocycles. The summed E-state index contributed by atoms with van der Waals surface area (Å²) in [5, 5.41) is 11.4. The average Bonchev–Trinajstić information content (AvgIpc) is 2.70. The summed E-state index contributed by atoms with van der Waals surface area (Å²) in [6.45, 7) is 6.45. The zero-order valence-electron chi connectivity index (χ0n) is 12.5. The van der Waals surface area contributed by atoms with Crippen molar-refractivity contribution in [3.8, 4) is 11.1 Å². The van der Waals surface area contributed by atoms with Crippen LogP contribution in [0.5, 0.6) is 0 Å². The molecule has 0 radical (unpaired) electrons. The second kappa shape index (κ2) is 4.75. The van der Waals surface area contributed by atoms with E-state index < -0.39 is 5.60 Å². The monoisotopic (exact) mass is 266 g/mol. The van der Waals surface area contributed by atoms with Crippen molar-refractivity contribution in [2.75, 3.05) is 0 Å². The Balaban J connectivity index is 2.31. The van der Waals surface area contributed by atoms with E-state index in [0.717, 1.165) is 30.4 Å². The van der Waals surface area contributed by atoms with Gasteiger partial charge in [0, 0.05) is 0 Å². The third-order valence-electron chi connectivity index (χ3n) is 4.58. The number of aryl methyl sites for hydroxylation is 2. The standard InChI is InChI=1S/C19H22O/c1-4-5-12-19(20)15-10-6-8-13(2)17(15)18-14(3)9-7-11-16(18)19/h6-11,20H,4-5,12H2,1-3H3. The fraction of sp³-hybridized carbons (Fsp3) is 0.368. The fourth-order valence-electron chi connectivity index (χ4n) is 3.54. The highest BCUT2D eigenvalue weighted by Gasteiger charge is 2.41. The number of aliphatic hydroxyl groups is 1. The first-order valence-electron chi connectivity index (χ1n) is 7.52. The number of unbranched alkanes of at least 4 members (excludes halogenated alkanes) is 1. The van der Waals surface area contributed by atoms with Crippen molar-refractivity contribution in [1.82, 2.24) is 0 Å². The van der Waals surface area contributed by atoms with Crippen LogP contribution in [0.1, 0.15) is 48.4 Å². The van der Waals surface area contributed by atoms with Crippen molar-refractivity contribution in [3.63, 3.8) is 0 Å². The predicted molar refractivity (Wildman–Crippen MR) is 83.9 cm³/mol. The lowest BCUT2D eigenvalue weighted by atomic mass is 9.86. The highest BCUT2D eigenvalue weighted by atomic mass is 16.3. The van der Waals surface area contributed by atoms with Crippen LogP contribution in [0.2, 0.25) is 0 Å². The van der Waals surface area contributed by atoms with Gasteiger partial charge in [0.15, 0.2) is 0 Å². The maximum absolute atomic E-state index is 11.4. The van der Waals surface area contributed by atoms with Crippen molar-refractivity contribution in [3.05, 3.63) is 58.7 Å². The van der Waals surface area contributed by atoms with Crippen LogP contribution in [0, 0.1) is 13.8 Å². The van der Waals surface area contributed by atoms with Gasteiger partial charge in [-0.1, -0.05) is 56.2 Å². The van der Waals surface area contributed by atoms with E-state index in [1.54, 1.807) is 0 Å². The topological polar surface area (TPSA) is 20.2 Å². The molecule has 2 aromatic rings. The van der Waals surface area contributed by atoms with Crippen LogP contribution in [0.4, 0.5) is 0 Å². The average molecular weight is 266 g/mol. The molecule has 1 N–H and O–H groups in total. The van der Waals surface area contributed by atoms with E-state index >= 15 is 0 Å². The lowest BCUT2D eigenvalue weighted by Gasteiger charge is -2.26. The van der Waals surface area contributed by atoms with E-state index in [1.165, 1.54) is 22.3 Å². The SMILES string of the molecule is CCCCC1(O)c2cccc(C)c2-c2c(C)cccc21. The Morgan fingerprint density at radius 2 is 1.40 bits per heavy atom. The molecule has 0 saturated carbocycles. The van der Waals surface area contributed by atoms with E-state index in [4.69, 9.17) is 0 Å². The first kappa shape index (κ1) is 13.4. The molecule has 0 aliphatic heterocycles. The van der Waals surface area contributed by atoms with Crippen LogP contribution in [-0.4, -0.2) is 5.11 Å². The fourth-order valence-corrected chi connectivity index (χ4v) is 3.54. The zero-order valence-corrected chi connectivity index (χ0v) is 12.5. The maximum atomic E-state index is 11.4. The third-order valence-corrected chi connectivity index (χ3v) is 4.58. The molecule has 2 aromatic carbocycles. The minimum atomic E-state index is -0.807. The quantitative estimate of drug-likeness (QED) is 0.853. The Morgan fingerprint density at radius 1 is 0.900 bits per heavy atom. The van der Waals surface area contributed by atoms with Crippen molar-refractivity contribution >= 4 is 0 Å². The lowest BCUT2D eigenvalue weighted by Crippen LogP contribution is -2.24. The first-order chi connectivity index (χ1) is 9.59. The van der Waals surface area contributed by atoms with Gasteiger partial charge in [-0.2, -0.15) is 0 Å². The molecule has 0 fully saturated rings. The van der Waals surface area contributed by atoms with Gasteiger partial charge >= 0.3 is 0 Å². The molecule has 3 rings (SSSR count). The smallest absolute Gasteiger partial charge is 0.116 e. The van der Waals surface area contributed by atoms with Gasteiger partial charge in [0.2, 0.25) is 0 Å². The maximum Gasteiger partial charge on any atom is 0.116 e. The Hall–Kier alpha value is -1.60. The predicted octanol–water partition coefficient (Wildman–Crippen LogP) is 4.71. The van der Waals surface area contributed by atoms with Crippen molar-refractivity contribution in [1.29, 1.82) is 0 Å². The largest absolute Gasteiger partial charge is 0.380 e. The minimum Gasteiger partial charge on any atom is -0.380 e. The van der Waals surface area contributed by atoms with E-state index in [-0.39, 0.29) is 0 Å². The summed E-state index contributed by atoms with van der Waals surface area (Å²) in [5.41, 5.74) is 6.39. The van der Waals surface area contributed by atoms with Crippen LogP contribution in [0.15, 0.2) is 36.4 Å². The summed E-state index contributed by atoms with van der Waals surface area (Å²) in [5.74, 6) is 0. The second-order valence-corrected chi connectivity index (χ2v) is 5.96. The first-order valence-corrected chi connectivity index (χ1v) is 7.52. The van der Waals surface area contributed by atoms with E-state index in [2.05, 4.69) is 57.2 Å². The lowest BCUT2D eigenvalue weighted by molar-refractivity contribution is 0.0732. The van der Waals surface area contributed by atoms with Gasteiger partial charge in [-0.25, -0.2) is 0 Å². The molecule has 1 aliphatic rings. The third kappa shape index (κ3) is 1.73. The van der Waals surface area contributed by atoms with E-state index in [0.29, 0.717) is 0 Å². The number of fused-ring (bicyclic) bond motifs is 3. The van der Waals surface area contributed by atoms with Gasteiger partial charge in [-0.05, 0) is 53.6 Å². The molecule has 1 nitrogen and oxygen atoms in total. The van der Waals surface area contributed by atoms with Gasteiger partial charge in [0.25, 0.3) is 0 Å². The van der Waals surface area contributed by atoms with Crippen LogP contribution >= 0.6 is 0 Å². The molecule has 0 unspecified atom stereocenters. The Bertz CT molecular complexity index is 603. The number of hydrogen-bond acceptors (Lipinski definition) is 1. The molecule has 0 saturated heterocycles. The molecule has 1 aliphatic carbocycles. The number of rotatable bonds is 3. The molecular formula is C19H22O. The minimum absolute atomic E-state index is 0.802. The van der Waals surface area contributed by atoms with Gasteiger partial charge in [0.1, 0.15) is 5.60 Å². The Kier molecular flexibility index (Phi) is 3.18. The van der Waals surface area contributed by atoms with Crippen molar-refractivity contribution in [2.45, 2.75) is 45.6 Å². The highest BCUT2D eigenvalue weighted by Crippen LogP contribution is 2.51. The van der Waals surface area contributed by atoms with E-state index in [1.807, 2.05) is 0 Å². The molecule has 0 aromatic heterocycles. The van der Waals surface area contributed by atoms with Crippen LogP contribution < -0.4 is 0 Å². The molecule has 1 heteroatoms. The summed E-state index contributed by atoms with van der Waals surface area (Å²) < 4.78 is 0. The number of hydrogen-bond donors (Lipinski definition) is 1. The zero-order chi connectivity index (χ0) is 14.3. The summed E-state index contributed by atoms with van der Waals surface area (Å²) in [7, 11) is 0. The molecule has 0 amide bonds. The molecule has 104 valence electrons. The Morgan fingerprint density at radius 3 is 1.85 bits per heavy atom. The van der Waals surface area contributed by atoms with Crippen LogP contribution in [0.3, 0.4) is 0 Å². The Labute approximate surface area is 121 Å². The van der Waals surface area contributed by atoms with Crippen LogP contribution in [0.25, 0.3) is 11.1 Å². The van der Waals surface area contributed by atoms with Gasteiger partial charge in [0.05, 0.1) is 0 Å². The normalized spacial score (nSPS) is 15.0. The van der Waals surface area contributed by atoms with Crippen LogP contribution in [-0.2, 0) is 5.60 Å². The summed E-state index contributed by atoms with van der Waals surface area (Å²) in [4.78, 5) is 0. The van der Waals surface area contributed by atoms with Crippen molar-refractivity contribution in [2.24, 2.45) is 0 Å².